The molecule has 14 heavy (non-hydrogen) atoms. The highest BCUT2D eigenvalue weighted by Crippen LogP contribution is 2.36. The molecule has 0 N–H and O–H groups in total. The first-order valence-corrected chi connectivity index (χ1v) is 5.95. The van der Waals surface area contributed by atoms with Crippen LogP contribution in [-0.2, 0) is 0 Å². The van der Waals surface area contributed by atoms with E-state index in [1.165, 1.54) is 4.91 Å². The van der Waals surface area contributed by atoms with E-state index in [1.54, 1.807) is 23.1 Å². The largest absolute Gasteiger partial charge is 0.251 e. The lowest BCUT2D eigenvalue weighted by molar-refractivity contribution is 1.45. The second-order valence-electron chi connectivity index (χ2n) is 2.90. The lowest BCUT2D eigenvalue weighted by Crippen LogP contribution is -1.80. The maximum absolute atomic E-state index is 4.54. The van der Waals surface area contributed by atoms with Crippen LogP contribution in [-0.4, -0.2) is 11.8 Å². The molecule has 0 saturated heterocycles. The molecule has 0 radical (unpaired) electrons. The average molecular weight is 222 g/mol. The Morgan fingerprint density at radius 3 is 3.00 bits per heavy atom. The number of aliphatic imine (C=N–C) groups is 2. The van der Waals surface area contributed by atoms with Gasteiger partial charge in [-0.1, -0.05) is 17.8 Å². The van der Waals surface area contributed by atoms with Crippen LogP contribution in [0.2, 0.25) is 0 Å². The van der Waals surface area contributed by atoms with Gasteiger partial charge < -0.3 is 0 Å². The molecule has 0 fully saturated rings. The molecule has 0 aromatic carbocycles. The molecule has 4 heteroatoms. The first-order chi connectivity index (χ1) is 6.79. The predicted octanol–water partition coefficient (Wildman–Crippen LogP) is 4.15. The van der Waals surface area contributed by atoms with E-state index in [0.29, 0.717) is 0 Å². The second kappa shape index (κ2) is 4.11. The molecule has 1 aliphatic rings. The smallest absolute Gasteiger partial charge is 0.141 e. The van der Waals surface area contributed by atoms with Crippen LogP contribution in [0.15, 0.2) is 32.4 Å². The molecule has 0 saturated carbocycles. The molecule has 0 bridgehead atoms. The lowest BCUT2D eigenvalue weighted by Gasteiger charge is -1.95. The molecule has 2 rings (SSSR count). The highest BCUT2D eigenvalue weighted by atomic mass is 32.2. The molecular weight excluding hydrogens is 212 g/mol. The van der Waals surface area contributed by atoms with Gasteiger partial charge in [0.15, 0.2) is 0 Å². The average Bonchev–Trinajstić information content (AvgIpc) is 2.76. The monoisotopic (exact) mass is 222 g/mol. The van der Waals surface area contributed by atoms with Crippen LogP contribution < -0.4 is 0 Å². The van der Waals surface area contributed by atoms with E-state index in [4.69, 9.17) is 0 Å². The summed E-state index contributed by atoms with van der Waals surface area (Å²) in [6, 6.07) is 1.98. The molecule has 0 unspecified atom stereocenters. The summed E-state index contributed by atoms with van der Waals surface area (Å²) in [5.41, 5.74) is 0.940. The second-order valence-corrected chi connectivity index (χ2v) is 5.11. The highest BCUT2D eigenvalue weighted by molar-refractivity contribution is 8.17. The summed E-state index contributed by atoms with van der Waals surface area (Å²) in [7, 11) is 0. The van der Waals surface area contributed by atoms with Crippen LogP contribution in [0.3, 0.4) is 0 Å². The first kappa shape index (κ1) is 9.68. The van der Waals surface area contributed by atoms with E-state index >= 15 is 0 Å². The zero-order chi connectivity index (χ0) is 9.97. The minimum atomic E-state index is 0.905. The van der Waals surface area contributed by atoms with E-state index in [1.807, 2.05) is 11.4 Å². The van der Waals surface area contributed by atoms with Crippen molar-refractivity contribution < 1.29 is 0 Å². The van der Waals surface area contributed by atoms with E-state index in [0.717, 1.165) is 22.2 Å². The topological polar surface area (TPSA) is 24.7 Å². The number of thiophene rings is 1. The van der Waals surface area contributed by atoms with Crippen molar-refractivity contribution in [2.75, 3.05) is 0 Å². The number of hydrogen-bond acceptors (Lipinski definition) is 4. The van der Waals surface area contributed by atoms with Crippen LogP contribution in [0.1, 0.15) is 13.3 Å². The molecule has 1 aromatic rings. The molecular formula is C10H10N2S2. The fourth-order valence-electron chi connectivity index (χ4n) is 1.20. The fourth-order valence-corrected chi connectivity index (χ4v) is 2.68. The Labute approximate surface area is 91.5 Å². The third-order valence-corrected chi connectivity index (χ3v) is 3.67. The van der Waals surface area contributed by atoms with E-state index in [9.17, 15) is 0 Å². The highest BCUT2D eigenvalue weighted by Gasteiger charge is 2.09. The van der Waals surface area contributed by atoms with Crippen molar-refractivity contribution in [2.24, 2.45) is 9.98 Å². The van der Waals surface area contributed by atoms with Crippen molar-refractivity contribution >= 4 is 45.5 Å². The molecule has 0 amide bonds. The Balaban J connectivity index is 2.22. The summed E-state index contributed by atoms with van der Waals surface area (Å²) < 4.78 is 0. The Bertz CT molecular complexity index is 416. The Morgan fingerprint density at radius 1 is 1.50 bits per heavy atom. The van der Waals surface area contributed by atoms with Gasteiger partial charge in [-0.3, -0.25) is 4.99 Å². The van der Waals surface area contributed by atoms with Crippen LogP contribution in [0.4, 0.5) is 10.7 Å². The van der Waals surface area contributed by atoms with Gasteiger partial charge in [-0.25, -0.2) is 4.99 Å². The Kier molecular flexibility index (Phi) is 2.84. The van der Waals surface area contributed by atoms with Gasteiger partial charge in [0, 0.05) is 6.42 Å². The summed E-state index contributed by atoms with van der Waals surface area (Å²) in [6.45, 7) is 5.63. The summed E-state index contributed by atoms with van der Waals surface area (Å²) in [6.07, 6.45) is 3.14. The number of rotatable bonds is 2. The van der Waals surface area contributed by atoms with E-state index < -0.39 is 0 Å². The normalized spacial score (nSPS) is 18.6. The zero-order valence-corrected chi connectivity index (χ0v) is 9.49. The fraction of sp³-hybridized carbons (Fsp3) is 0.200. The molecule has 2 heterocycles. The zero-order valence-electron chi connectivity index (χ0n) is 7.86. The maximum atomic E-state index is 4.54. The van der Waals surface area contributed by atoms with Gasteiger partial charge in [0.2, 0.25) is 0 Å². The maximum Gasteiger partial charge on any atom is 0.141 e. The molecule has 0 spiro atoms. The van der Waals surface area contributed by atoms with Gasteiger partial charge in [0.25, 0.3) is 0 Å². The number of allylic oxidation sites excluding steroid dienone is 2. The van der Waals surface area contributed by atoms with Crippen molar-refractivity contribution in [3.8, 4) is 0 Å². The standard InChI is InChI=1S/C10H10N2S2/c1-7-3-4-9(14-7)12-8-5-6-13-10(8)11-2/h3,5-6H,2,4H2,1H3. The minimum Gasteiger partial charge on any atom is -0.251 e. The minimum absolute atomic E-state index is 0.905. The molecule has 2 nitrogen and oxygen atoms in total. The summed E-state index contributed by atoms with van der Waals surface area (Å²) in [5.74, 6) is 0. The molecule has 72 valence electrons. The van der Waals surface area contributed by atoms with Crippen molar-refractivity contribution in [2.45, 2.75) is 13.3 Å². The van der Waals surface area contributed by atoms with Crippen molar-refractivity contribution in [3.63, 3.8) is 0 Å². The summed E-state index contributed by atoms with van der Waals surface area (Å²) >= 11 is 3.31. The number of hydrogen-bond donors (Lipinski definition) is 0. The van der Waals surface area contributed by atoms with Crippen molar-refractivity contribution in [3.05, 3.63) is 22.4 Å². The van der Waals surface area contributed by atoms with Crippen molar-refractivity contribution in [1.82, 2.24) is 0 Å². The van der Waals surface area contributed by atoms with Crippen LogP contribution in [0.5, 0.6) is 0 Å². The van der Waals surface area contributed by atoms with Gasteiger partial charge in [0.05, 0.1) is 5.04 Å². The van der Waals surface area contributed by atoms with Gasteiger partial charge in [-0.05, 0) is 30.0 Å². The third-order valence-electron chi connectivity index (χ3n) is 1.86. The Morgan fingerprint density at radius 2 is 2.36 bits per heavy atom. The summed E-state index contributed by atoms with van der Waals surface area (Å²) in [4.78, 5) is 9.80. The van der Waals surface area contributed by atoms with Gasteiger partial charge >= 0.3 is 0 Å². The van der Waals surface area contributed by atoms with E-state index in [-0.39, 0.29) is 0 Å². The Hall–Kier alpha value is -0.870. The van der Waals surface area contributed by atoms with Gasteiger partial charge in [-0.15, -0.1) is 11.3 Å². The predicted molar refractivity (Wildman–Crippen MR) is 66.6 cm³/mol. The molecule has 1 aliphatic heterocycles. The van der Waals surface area contributed by atoms with Crippen LogP contribution >= 0.6 is 23.1 Å². The third kappa shape index (κ3) is 1.96. The molecule has 1 aromatic heterocycles. The van der Waals surface area contributed by atoms with Crippen LogP contribution in [0.25, 0.3) is 0 Å². The molecule has 0 aliphatic carbocycles. The lowest BCUT2D eigenvalue weighted by atomic mass is 10.4. The van der Waals surface area contributed by atoms with Gasteiger partial charge in [0.1, 0.15) is 10.7 Å². The SMILES string of the molecule is C=Nc1sccc1N=C1CC=C(C)S1. The van der Waals surface area contributed by atoms with Gasteiger partial charge in [-0.2, -0.15) is 0 Å². The number of thioether (sulfide) groups is 1. The van der Waals surface area contributed by atoms with Crippen molar-refractivity contribution in [1.29, 1.82) is 0 Å². The van der Waals surface area contributed by atoms with Crippen LogP contribution in [0, 0.1) is 0 Å². The quantitative estimate of drug-likeness (QED) is 0.690. The molecule has 0 atom stereocenters. The first-order valence-electron chi connectivity index (χ1n) is 4.26. The number of nitrogens with zero attached hydrogens (tertiary/aromatic N) is 2. The summed E-state index contributed by atoms with van der Waals surface area (Å²) in [5, 5.41) is 4.04. The van der Waals surface area contributed by atoms with E-state index in [2.05, 4.69) is 29.7 Å².